The number of rotatable bonds is 6. The largest absolute Gasteiger partial charge is 0.493 e. The fourth-order valence-electron chi connectivity index (χ4n) is 4.92. The van der Waals surface area contributed by atoms with Crippen molar-refractivity contribution in [3.05, 3.63) is 53.9 Å². The molecule has 1 saturated carbocycles. The average molecular weight is 395 g/mol. The SMILES string of the molecule is COc1ccc(C23CCC(=NNCc4ccccn4)CC2N(C)CC3)cc1OC. The second-order valence-electron chi connectivity index (χ2n) is 8.01. The van der Waals surface area contributed by atoms with E-state index in [-0.39, 0.29) is 5.41 Å². The van der Waals surface area contributed by atoms with Crippen LogP contribution in [0.4, 0.5) is 0 Å². The van der Waals surface area contributed by atoms with Crippen LogP contribution in [0.5, 0.6) is 11.5 Å². The smallest absolute Gasteiger partial charge is 0.161 e. The molecular weight excluding hydrogens is 364 g/mol. The molecule has 154 valence electrons. The van der Waals surface area contributed by atoms with Gasteiger partial charge in [0.2, 0.25) is 0 Å². The lowest BCUT2D eigenvalue weighted by atomic mass is 9.65. The number of aromatic nitrogens is 1. The first-order valence-electron chi connectivity index (χ1n) is 10.3. The van der Waals surface area contributed by atoms with E-state index in [1.807, 2.05) is 30.5 Å². The van der Waals surface area contributed by atoms with Crippen LogP contribution in [-0.2, 0) is 12.0 Å². The van der Waals surface area contributed by atoms with Crippen LogP contribution in [0.25, 0.3) is 0 Å². The van der Waals surface area contributed by atoms with E-state index in [1.54, 1.807) is 14.2 Å². The van der Waals surface area contributed by atoms with Gasteiger partial charge >= 0.3 is 0 Å². The van der Waals surface area contributed by atoms with Crippen molar-refractivity contribution in [3.8, 4) is 11.5 Å². The van der Waals surface area contributed by atoms with Gasteiger partial charge in [0, 0.05) is 29.8 Å². The number of pyridine rings is 1. The van der Waals surface area contributed by atoms with E-state index in [0.717, 1.165) is 49.4 Å². The van der Waals surface area contributed by atoms with Crippen LogP contribution in [0.3, 0.4) is 0 Å². The van der Waals surface area contributed by atoms with Gasteiger partial charge in [-0.15, -0.1) is 0 Å². The first-order valence-corrected chi connectivity index (χ1v) is 10.3. The van der Waals surface area contributed by atoms with E-state index in [4.69, 9.17) is 14.6 Å². The Morgan fingerprint density at radius 3 is 2.79 bits per heavy atom. The van der Waals surface area contributed by atoms with Crippen LogP contribution < -0.4 is 14.9 Å². The van der Waals surface area contributed by atoms with Crippen LogP contribution in [-0.4, -0.2) is 49.4 Å². The topological polar surface area (TPSA) is 59.0 Å². The van der Waals surface area contributed by atoms with Crippen LogP contribution in [0, 0.1) is 0 Å². The van der Waals surface area contributed by atoms with Crippen molar-refractivity contribution in [2.75, 3.05) is 27.8 Å². The van der Waals surface area contributed by atoms with E-state index in [9.17, 15) is 0 Å². The maximum Gasteiger partial charge on any atom is 0.161 e. The molecule has 29 heavy (non-hydrogen) atoms. The normalized spacial score (nSPS) is 25.6. The summed E-state index contributed by atoms with van der Waals surface area (Å²) in [5.41, 5.74) is 6.97. The molecular formula is C23H30N4O2. The van der Waals surface area contributed by atoms with Crippen molar-refractivity contribution in [2.45, 2.75) is 43.7 Å². The van der Waals surface area contributed by atoms with Gasteiger partial charge in [0.1, 0.15) is 0 Å². The molecule has 2 atom stereocenters. The molecule has 0 spiro atoms. The molecule has 4 rings (SSSR count). The third kappa shape index (κ3) is 3.81. The number of methoxy groups -OCH3 is 2. The van der Waals surface area contributed by atoms with Gasteiger partial charge in [-0.2, -0.15) is 5.10 Å². The summed E-state index contributed by atoms with van der Waals surface area (Å²) in [6.45, 7) is 1.76. The van der Waals surface area contributed by atoms with Crippen molar-refractivity contribution in [1.29, 1.82) is 0 Å². The minimum absolute atomic E-state index is 0.147. The molecule has 2 heterocycles. The number of likely N-dealkylation sites (tertiary alicyclic amines) is 1. The third-order valence-electron chi connectivity index (χ3n) is 6.55. The molecule has 6 heteroatoms. The molecule has 2 unspecified atom stereocenters. The molecule has 1 aromatic carbocycles. The summed E-state index contributed by atoms with van der Waals surface area (Å²) in [4.78, 5) is 6.84. The van der Waals surface area contributed by atoms with E-state index < -0.39 is 0 Å². The summed E-state index contributed by atoms with van der Waals surface area (Å²) in [6, 6.07) is 12.8. The first-order chi connectivity index (χ1) is 14.2. The minimum Gasteiger partial charge on any atom is -0.493 e. The quantitative estimate of drug-likeness (QED) is 0.762. The van der Waals surface area contributed by atoms with Gasteiger partial charge in [0.25, 0.3) is 0 Å². The van der Waals surface area contributed by atoms with Gasteiger partial charge in [-0.3, -0.25) is 4.98 Å². The van der Waals surface area contributed by atoms with Crippen molar-refractivity contribution in [1.82, 2.24) is 15.3 Å². The standard InChI is InChI=1S/C23H30N4O2/c1-27-13-11-23(17-7-8-20(28-2)21(14-17)29-3)10-9-18(15-22(23)27)26-25-16-19-6-4-5-12-24-19/h4-8,12,14,22,25H,9-11,13,15-16H2,1-3H3. The number of hydrogen-bond donors (Lipinski definition) is 1. The number of benzene rings is 1. The van der Waals surface area contributed by atoms with E-state index in [1.165, 1.54) is 11.3 Å². The number of nitrogens with one attached hydrogen (secondary N) is 1. The summed E-state index contributed by atoms with van der Waals surface area (Å²) in [7, 11) is 5.62. The summed E-state index contributed by atoms with van der Waals surface area (Å²) >= 11 is 0. The number of likely N-dealkylation sites (N-methyl/N-ethyl adjacent to an activating group) is 1. The predicted molar refractivity (Wildman–Crippen MR) is 115 cm³/mol. The molecule has 1 aliphatic carbocycles. The van der Waals surface area contributed by atoms with Crippen LogP contribution in [0.1, 0.15) is 36.9 Å². The molecule has 1 saturated heterocycles. The molecule has 0 bridgehead atoms. The van der Waals surface area contributed by atoms with Gasteiger partial charge < -0.3 is 19.8 Å². The van der Waals surface area contributed by atoms with Gasteiger partial charge in [0.05, 0.1) is 26.5 Å². The number of hydrogen-bond acceptors (Lipinski definition) is 6. The molecule has 1 N–H and O–H groups in total. The zero-order valence-corrected chi connectivity index (χ0v) is 17.5. The van der Waals surface area contributed by atoms with Crippen LogP contribution >= 0.6 is 0 Å². The Labute approximate surface area is 172 Å². The number of ether oxygens (including phenoxy) is 2. The zero-order chi connectivity index (χ0) is 20.3. The highest BCUT2D eigenvalue weighted by atomic mass is 16.5. The van der Waals surface area contributed by atoms with Gasteiger partial charge in [-0.25, -0.2) is 0 Å². The zero-order valence-electron chi connectivity index (χ0n) is 17.5. The fourth-order valence-corrected chi connectivity index (χ4v) is 4.92. The van der Waals surface area contributed by atoms with Crippen molar-refractivity contribution in [2.24, 2.45) is 5.10 Å². The molecule has 2 aliphatic rings. The lowest BCUT2D eigenvalue weighted by Crippen LogP contribution is -2.46. The maximum atomic E-state index is 5.58. The summed E-state index contributed by atoms with van der Waals surface area (Å²) in [6.07, 6.45) is 6.07. The van der Waals surface area contributed by atoms with Crippen LogP contribution in [0.2, 0.25) is 0 Å². The highest BCUT2D eigenvalue weighted by Gasteiger charge is 2.49. The molecule has 1 aromatic heterocycles. The fraction of sp³-hybridized carbons (Fsp3) is 0.478. The van der Waals surface area contributed by atoms with Crippen LogP contribution in [0.15, 0.2) is 47.7 Å². The number of hydrazone groups is 1. The third-order valence-corrected chi connectivity index (χ3v) is 6.55. The summed E-state index contributed by atoms with van der Waals surface area (Å²) in [5, 5.41) is 4.71. The molecule has 0 amide bonds. The predicted octanol–water partition coefficient (Wildman–Crippen LogP) is 3.37. The van der Waals surface area contributed by atoms with Gasteiger partial charge in [0.15, 0.2) is 11.5 Å². The molecule has 1 aliphatic heterocycles. The Kier molecular flexibility index (Phi) is 5.72. The lowest BCUT2D eigenvalue weighted by Gasteiger charge is -2.42. The van der Waals surface area contributed by atoms with Crippen molar-refractivity contribution < 1.29 is 9.47 Å². The second kappa shape index (κ2) is 8.41. The molecule has 0 radical (unpaired) electrons. The molecule has 6 nitrogen and oxygen atoms in total. The Bertz CT molecular complexity index is 870. The lowest BCUT2D eigenvalue weighted by molar-refractivity contribution is 0.226. The molecule has 2 fully saturated rings. The van der Waals surface area contributed by atoms with E-state index in [0.29, 0.717) is 12.6 Å². The summed E-state index contributed by atoms with van der Waals surface area (Å²) in [5.74, 6) is 1.59. The Hall–Kier alpha value is -2.60. The number of nitrogens with zero attached hydrogens (tertiary/aromatic N) is 3. The van der Waals surface area contributed by atoms with E-state index >= 15 is 0 Å². The first kappa shape index (κ1) is 19.7. The summed E-state index contributed by atoms with van der Waals surface area (Å²) < 4.78 is 11.0. The van der Waals surface area contributed by atoms with E-state index in [2.05, 4.69) is 34.5 Å². The van der Waals surface area contributed by atoms with Crippen molar-refractivity contribution in [3.63, 3.8) is 0 Å². The number of fused-ring (bicyclic) bond motifs is 1. The van der Waals surface area contributed by atoms with Crippen molar-refractivity contribution >= 4 is 5.71 Å². The Balaban J connectivity index is 1.52. The van der Waals surface area contributed by atoms with Gasteiger partial charge in [-0.05, 0) is 62.7 Å². The Morgan fingerprint density at radius 1 is 1.17 bits per heavy atom. The minimum atomic E-state index is 0.147. The maximum absolute atomic E-state index is 5.58. The molecule has 2 aromatic rings. The highest BCUT2D eigenvalue weighted by Crippen LogP contribution is 2.49. The average Bonchev–Trinajstić information content (AvgIpc) is 3.11. The second-order valence-corrected chi connectivity index (χ2v) is 8.01. The highest BCUT2D eigenvalue weighted by molar-refractivity contribution is 5.86. The Morgan fingerprint density at radius 2 is 2.03 bits per heavy atom. The van der Waals surface area contributed by atoms with Gasteiger partial charge in [-0.1, -0.05) is 12.1 Å². The monoisotopic (exact) mass is 394 g/mol.